The van der Waals surface area contributed by atoms with E-state index in [1.807, 2.05) is 6.08 Å². The number of nitrogens with one attached hydrogen (secondary N) is 1. The molecule has 7 heteroatoms. The lowest BCUT2D eigenvalue weighted by Gasteiger charge is -2.21. The minimum Gasteiger partial charge on any atom is -0.387 e. The number of carbonyl (C=O) groups excluding carboxylic acids is 1. The van der Waals surface area contributed by atoms with E-state index in [1.165, 1.54) is 179 Å². The number of allylic oxidation sites excluding steroid dienone is 3. The van der Waals surface area contributed by atoms with E-state index < -0.39 is 28.0 Å². The van der Waals surface area contributed by atoms with Crippen molar-refractivity contribution in [1.82, 2.24) is 5.32 Å². The standard InChI is InChI=1S/C44H85NO5S/c1-3-5-7-9-11-13-15-17-19-21-23-25-27-29-31-33-35-37-39-43(46)42(41-51(48,49)50)45-44(47)40-38-36-34-32-30-28-26-24-22-20-18-16-14-12-10-8-6-4-2/h29,31,37,39,42-43,46H,3-28,30,32-36,38,40-41H2,1-2H3,(H,45,47)(H,48,49,50)/b31-29+,39-37+. The van der Waals surface area contributed by atoms with E-state index in [-0.39, 0.29) is 5.91 Å². The number of carbonyl (C=O) groups is 1. The van der Waals surface area contributed by atoms with Crippen molar-refractivity contribution in [2.45, 2.75) is 244 Å². The average Bonchev–Trinajstić information content (AvgIpc) is 3.09. The molecule has 0 saturated carbocycles. The Kier molecular flexibility index (Phi) is 37.6. The summed E-state index contributed by atoms with van der Waals surface area (Å²) in [5.74, 6) is -0.990. The topological polar surface area (TPSA) is 104 Å². The molecule has 302 valence electrons. The van der Waals surface area contributed by atoms with E-state index in [0.29, 0.717) is 6.42 Å². The summed E-state index contributed by atoms with van der Waals surface area (Å²) < 4.78 is 32.5. The lowest BCUT2D eigenvalue weighted by Crippen LogP contribution is -2.46. The summed E-state index contributed by atoms with van der Waals surface area (Å²) in [6, 6.07) is -1.07. The Morgan fingerprint density at radius 3 is 1.24 bits per heavy atom. The number of rotatable bonds is 40. The van der Waals surface area contributed by atoms with E-state index >= 15 is 0 Å². The smallest absolute Gasteiger partial charge is 0.267 e. The van der Waals surface area contributed by atoms with E-state index in [2.05, 4.69) is 31.3 Å². The number of unbranched alkanes of at least 4 members (excludes halogenated alkanes) is 30. The van der Waals surface area contributed by atoms with E-state index in [9.17, 15) is 22.9 Å². The van der Waals surface area contributed by atoms with Crippen molar-refractivity contribution in [2.75, 3.05) is 5.75 Å². The number of aliphatic hydroxyl groups is 1. The third-order valence-electron chi connectivity index (χ3n) is 10.1. The number of aliphatic hydroxyl groups excluding tert-OH is 1. The first-order chi connectivity index (χ1) is 24.8. The van der Waals surface area contributed by atoms with Gasteiger partial charge in [0, 0.05) is 6.42 Å². The zero-order valence-electron chi connectivity index (χ0n) is 33.7. The highest BCUT2D eigenvalue weighted by molar-refractivity contribution is 7.85. The van der Waals surface area contributed by atoms with Crippen LogP contribution < -0.4 is 5.32 Å². The maximum absolute atomic E-state index is 12.5. The number of amides is 1. The minimum atomic E-state index is -4.35. The lowest BCUT2D eigenvalue weighted by molar-refractivity contribution is -0.122. The van der Waals surface area contributed by atoms with Crippen molar-refractivity contribution in [3.8, 4) is 0 Å². The van der Waals surface area contributed by atoms with Crippen molar-refractivity contribution in [2.24, 2.45) is 0 Å². The van der Waals surface area contributed by atoms with Gasteiger partial charge in [-0.2, -0.15) is 8.42 Å². The Labute approximate surface area is 317 Å². The number of hydrogen-bond donors (Lipinski definition) is 3. The molecule has 0 rings (SSSR count). The highest BCUT2D eigenvalue weighted by Gasteiger charge is 2.24. The van der Waals surface area contributed by atoms with Gasteiger partial charge in [0.2, 0.25) is 5.91 Å². The Bertz CT molecular complexity index is 903. The third-order valence-corrected chi connectivity index (χ3v) is 10.9. The second-order valence-corrected chi connectivity index (χ2v) is 16.8. The molecule has 51 heavy (non-hydrogen) atoms. The van der Waals surface area contributed by atoms with Gasteiger partial charge in [0.25, 0.3) is 10.1 Å². The molecule has 0 radical (unpaired) electrons. The van der Waals surface area contributed by atoms with Crippen LogP contribution >= 0.6 is 0 Å². The maximum Gasteiger partial charge on any atom is 0.267 e. The van der Waals surface area contributed by atoms with Gasteiger partial charge in [-0.25, -0.2) is 0 Å². The van der Waals surface area contributed by atoms with Crippen molar-refractivity contribution >= 4 is 16.0 Å². The quantitative estimate of drug-likeness (QED) is 0.0330. The van der Waals surface area contributed by atoms with Crippen LogP contribution in [0.2, 0.25) is 0 Å². The molecule has 0 fully saturated rings. The van der Waals surface area contributed by atoms with Crippen LogP contribution in [-0.2, 0) is 14.9 Å². The zero-order valence-corrected chi connectivity index (χ0v) is 34.6. The predicted octanol–water partition coefficient (Wildman–Crippen LogP) is 13.1. The summed E-state index contributed by atoms with van der Waals surface area (Å²) in [6.45, 7) is 4.54. The molecule has 3 N–H and O–H groups in total. The highest BCUT2D eigenvalue weighted by Crippen LogP contribution is 2.16. The molecule has 0 aromatic carbocycles. The second-order valence-electron chi connectivity index (χ2n) is 15.3. The molecule has 0 aliphatic rings. The maximum atomic E-state index is 12.5. The van der Waals surface area contributed by atoms with Gasteiger partial charge in [-0.05, 0) is 32.1 Å². The minimum absolute atomic E-state index is 0.284. The van der Waals surface area contributed by atoms with Crippen LogP contribution in [0.4, 0.5) is 0 Å². The molecule has 0 aliphatic heterocycles. The van der Waals surface area contributed by atoms with E-state index in [4.69, 9.17) is 0 Å². The lowest BCUT2D eigenvalue weighted by atomic mass is 10.0. The SMILES string of the molecule is CCCCCCCCCCCCCC/C=C/CC/C=C/C(O)C(CS(=O)(=O)O)NC(=O)CCCCCCCCCCCCCCCCCCCC. The van der Waals surface area contributed by atoms with Crippen LogP contribution in [0, 0.1) is 0 Å². The van der Waals surface area contributed by atoms with Crippen molar-refractivity contribution < 1.29 is 22.9 Å². The largest absolute Gasteiger partial charge is 0.387 e. The normalized spacial score (nSPS) is 13.4. The molecule has 0 aliphatic carbocycles. The highest BCUT2D eigenvalue weighted by atomic mass is 32.2. The molecule has 0 spiro atoms. The fourth-order valence-corrected chi connectivity index (χ4v) is 7.55. The molecule has 1 amide bonds. The van der Waals surface area contributed by atoms with Crippen molar-refractivity contribution in [1.29, 1.82) is 0 Å². The Morgan fingerprint density at radius 1 is 0.510 bits per heavy atom. The van der Waals surface area contributed by atoms with Crippen LogP contribution in [0.3, 0.4) is 0 Å². The summed E-state index contributed by atoms with van der Waals surface area (Å²) in [7, 11) is -4.35. The summed E-state index contributed by atoms with van der Waals surface area (Å²) in [6.07, 6.45) is 48.8. The molecule has 2 unspecified atom stereocenters. The molecular formula is C44H85NO5S. The first kappa shape index (κ1) is 49.8. The van der Waals surface area contributed by atoms with Crippen LogP contribution in [0.25, 0.3) is 0 Å². The molecule has 0 bridgehead atoms. The molecule has 2 atom stereocenters. The number of hydrogen-bond acceptors (Lipinski definition) is 4. The van der Waals surface area contributed by atoms with Gasteiger partial charge in [-0.3, -0.25) is 9.35 Å². The Hall–Kier alpha value is -1.18. The molecule has 6 nitrogen and oxygen atoms in total. The van der Waals surface area contributed by atoms with E-state index in [1.54, 1.807) is 0 Å². The molecule has 0 aromatic rings. The summed E-state index contributed by atoms with van der Waals surface area (Å²) in [5, 5.41) is 13.2. The van der Waals surface area contributed by atoms with Crippen LogP contribution in [0.1, 0.15) is 232 Å². The van der Waals surface area contributed by atoms with Gasteiger partial charge >= 0.3 is 0 Å². The van der Waals surface area contributed by atoms with Crippen molar-refractivity contribution in [3.63, 3.8) is 0 Å². The van der Waals surface area contributed by atoms with Gasteiger partial charge in [0.05, 0.1) is 17.9 Å². The van der Waals surface area contributed by atoms with Gasteiger partial charge in [-0.15, -0.1) is 0 Å². The zero-order chi connectivity index (χ0) is 37.5. The fourth-order valence-electron chi connectivity index (χ4n) is 6.82. The molecule has 0 heterocycles. The first-order valence-electron chi connectivity index (χ1n) is 22.0. The van der Waals surface area contributed by atoms with Gasteiger partial charge < -0.3 is 10.4 Å². The van der Waals surface area contributed by atoms with Gasteiger partial charge in [-0.1, -0.05) is 218 Å². The average molecular weight is 740 g/mol. The van der Waals surface area contributed by atoms with Crippen LogP contribution in [-0.4, -0.2) is 41.9 Å². The molecule has 0 saturated heterocycles. The Balaban J connectivity index is 3.90. The van der Waals surface area contributed by atoms with Crippen LogP contribution in [0.15, 0.2) is 24.3 Å². The molecule has 0 aromatic heterocycles. The molecular weight excluding hydrogens is 655 g/mol. The van der Waals surface area contributed by atoms with Gasteiger partial charge in [0.1, 0.15) is 0 Å². The fraction of sp³-hybridized carbons (Fsp3) is 0.886. The Morgan fingerprint density at radius 2 is 0.843 bits per heavy atom. The van der Waals surface area contributed by atoms with Crippen LogP contribution in [0.5, 0.6) is 0 Å². The second kappa shape index (κ2) is 38.5. The third kappa shape index (κ3) is 39.9. The summed E-state index contributed by atoms with van der Waals surface area (Å²) in [4.78, 5) is 12.5. The van der Waals surface area contributed by atoms with Crippen molar-refractivity contribution in [3.05, 3.63) is 24.3 Å². The van der Waals surface area contributed by atoms with Gasteiger partial charge in [0.15, 0.2) is 0 Å². The summed E-state index contributed by atoms with van der Waals surface area (Å²) >= 11 is 0. The predicted molar refractivity (Wildman–Crippen MR) is 221 cm³/mol. The van der Waals surface area contributed by atoms with E-state index in [0.717, 1.165) is 38.5 Å². The summed E-state index contributed by atoms with van der Waals surface area (Å²) in [5.41, 5.74) is 0. The monoisotopic (exact) mass is 740 g/mol. The first-order valence-corrected chi connectivity index (χ1v) is 23.6.